The molecule has 0 saturated carbocycles. The second-order valence-electron chi connectivity index (χ2n) is 5.39. The minimum atomic E-state index is -0.242. The van der Waals surface area contributed by atoms with Crippen molar-refractivity contribution in [1.82, 2.24) is 15.2 Å². The molecule has 2 amide bonds. The van der Waals surface area contributed by atoms with Crippen LogP contribution in [-0.2, 0) is 0 Å². The fourth-order valence-corrected chi connectivity index (χ4v) is 2.28. The number of rotatable bonds is 3. The van der Waals surface area contributed by atoms with Crippen LogP contribution < -0.4 is 5.32 Å². The summed E-state index contributed by atoms with van der Waals surface area (Å²) < 4.78 is 0. The summed E-state index contributed by atoms with van der Waals surface area (Å²) in [6, 6.07) is 5.05. The third-order valence-electron chi connectivity index (χ3n) is 3.26. The first-order valence-corrected chi connectivity index (χ1v) is 7.15. The predicted molar refractivity (Wildman–Crippen MR) is 76.6 cm³/mol. The molecule has 2 rings (SSSR count). The van der Waals surface area contributed by atoms with Gasteiger partial charge in [0, 0.05) is 19.1 Å². The monoisotopic (exact) mass is 275 g/mol. The van der Waals surface area contributed by atoms with Gasteiger partial charge in [0.25, 0.3) is 11.8 Å². The van der Waals surface area contributed by atoms with Gasteiger partial charge in [0.2, 0.25) is 0 Å². The van der Waals surface area contributed by atoms with E-state index in [1.54, 1.807) is 18.2 Å². The topological polar surface area (TPSA) is 62.3 Å². The van der Waals surface area contributed by atoms with Gasteiger partial charge >= 0.3 is 0 Å². The fourth-order valence-electron chi connectivity index (χ4n) is 2.28. The van der Waals surface area contributed by atoms with Gasteiger partial charge in [0.05, 0.1) is 0 Å². The molecule has 5 heteroatoms. The smallest absolute Gasteiger partial charge is 0.272 e. The van der Waals surface area contributed by atoms with Crippen molar-refractivity contribution >= 4 is 11.8 Å². The number of carbonyl (C=O) groups excluding carboxylic acids is 2. The van der Waals surface area contributed by atoms with Crippen LogP contribution in [0.2, 0.25) is 0 Å². The maximum absolute atomic E-state index is 12.3. The van der Waals surface area contributed by atoms with Crippen LogP contribution in [0.1, 0.15) is 54.1 Å². The number of amides is 2. The second-order valence-corrected chi connectivity index (χ2v) is 5.39. The Kier molecular flexibility index (Phi) is 4.71. The highest BCUT2D eigenvalue weighted by atomic mass is 16.2. The van der Waals surface area contributed by atoms with E-state index in [2.05, 4.69) is 10.3 Å². The summed E-state index contributed by atoms with van der Waals surface area (Å²) in [6.45, 7) is 5.34. The fraction of sp³-hybridized carbons (Fsp3) is 0.533. The van der Waals surface area contributed by atoms with Crippen molar-refractivity contribution in [1.29, 1.82) is 0 Å². The van der Waals surface area contributed by atoms with Gasteiger partial charge in [-0.2, -0.15) is 0 Å². The highest BCUT2D eigenvalue weighted by Gasteiger charge is 2.20. The van der Waals surface area contributed by atoms with Gasteiger partial charge in [0.1, 0.15) is 11.4 Å². The van der Waals surface area contributed by atoms with Crippen molar-refractivity contribution in [3.63, 3.8) is 0 Å². The van der Waals surface area contributed by atoms with Crippen molar-refractivity contribution in [2.24, 2.45) is 0 Å². The molecule has 1 aliphatic heterocycles. The number of nitrogens with zero attached hydrogens (tertiary/aromatic N) is 2. The summed E-state index contributed by atoms with van der Waals surface area (Å²) in [5.74, 6) is -0.322. The molecule has 5 nitrogen and oxygen atoms in total. The van der Waals surface area contributed by atoms with Crippen LogP contribution in [0.3, 0.4) is 0 Å². The summed E-state index contributed by atoms with van der Waals surface area (Å²) in [5, 5.41) is 2.78. The molecule has 0 bridgehead atoms. The molecule has 2 heterocycles. The van der Waals surface area contributed by atoms with Crippen LogP contribution in [0.5, 0.6) is 0 Å². The minimum absolute atomic E-state index is 0.0470. The molecule has 1 aromatic rings. The van der Waals surface area contributed by atoms with E-state index in [9.17, 15) is 9.59 Å². The first-order chi connectivity index (χ1) is 9.58. The molecule has 1 aromatic heterocycles. The van der Waals surface area contributed by atoms with E-state index in [4.69, 9.17) is 0 Å². The molecular formula is C15H21N3O2. The Hall–Kier alpha value is -1.91. The molecule has 0 aliphatic carbocycles. The van der Waals surface area contributed by atoms with Gasteiger partial charge in [0.15, 0.2) is 0 Å². The molecule has 108 valence electrons. The van der Waals surface area contributed by atoms with Crippen molar-refractivity contribution in [2.45, 2.75) is 39.2 Å². The average Bonchev–Trinajstić information content (AvgIpc) is 2.47. The summed E-state index contributed by atoms with van der Waals surface area (Å²) in [7, 11) is 0. The minimum Gasteiger partial charge on any atom is -0.349 e. The summed E-state index contributed by atoms with van der Waals surface area (Å²) in [5.41, 5.74) is 0.643. The molecule has 0 unspecified atom stereocenters. The van der Waals surface area contributed by atoms with E-state index < -0.39 is 0 Å². The molecule has 20 heavy (non-hydrogen) atoms. The van der Waals surface area contributed by atoms with E-state index in [0.29, 0.717) is 11.4 Å². The SMILES string of the molecule is CC(C)NC(=O)c1cccc(C(=O)N2CCCCC2)n1. The Morgan fingerprint density at radius 1 is 1.15 bits per heavy atom. The molecule has 0 spiro atoms. The van der Waals surface area contributed by atoms with Crippen LogP contribution in [0.25, 0.3) is 0 Å². The standard InChI is InChI=1S/C15H21N3O2/c1-11(2)16-14(19)12-7-6-8-13(17-12)15(20)18-9-4-3-5-10-18/h6-8,11H,3-5,9-10H2,1-2H3,(H,16,19). The van der Waals surface area contributed by atoms with Crippen molar-refractivity contribution in [3.05, 3.63) is 29.6 Å². The number of aromatic nitrogens is 1. The Bertz CT molecular complexity index is 494. The summed E-state index contributed by atoms with van der Waals surface area (Å²) in [6.07, 6.45) is 3.26. The molecule has 0 atom stereocenters. The highest BCUT2D eigenvalue weighted by Crippen LogP contribution is 2.12. The first kappa shape index (κ1) is 14.5. The molecule has 1 aliphatic rings. The van der Waals surface area contributed by atoms with E-state index in [1.807, 2.05) is 18.7 Å². The van der Waals surface area contributed by atoms with Gasteiger partial charge in [-0.05, 0) is 45.2 Å². The summed E-state index contributed by atoms with van der Waals surface area (Å²) >= 11 is 0. The second kappa shape index (κ2) is 6.50. The number of hydrogen-bond donors (Lipinski definition) is 1. The zero-order valence-corrected chi connectivity index (χ0v) is 12.1. The lowest BCUT2D eigenvalue weighted by Crippen LogP contribution is -2.36. The number of pyridine rings is 1. The van der Waals surface area contributed by atoms with E-state index in [0.717, 1.165) is 25.9 Å². The van der Waals surface area contributed by atoms with Crippen LogP contribution in [0, 0.1) is 0 Å². The van der Waals surface area contributed by atoms with E-state index >= 15 is 0 Å². The number of nitrogens with one attached hydrogen (secondary N) is 1. The Morgan fingerprint density at radius 2 is 1.80 bits per heavy atom. The maximum atomic E-state index is 12.3. The van der Waals surface area contributed by atoms with Crippen LogP contribution in [-0.4, -0.2) is 40.8 Å². The third-order valence-corrected chi connectivity index (χ3v) is 3.26. The molecule has 0 aromatic carbocycles. The van der Waals surface area contributed by atoms with Gasteiger partial charge < -0.3 is 10.2 Å². The molecule has 0 radical (unpaired) electrons. The lowest BCUT2D eigenvalue weighted by molar-refractivity contribution is 0.0718. The Morgan fingerprint density at radius 3 is 2.45 bits per heavy atom. The zero-order chi connectivity index (χ0) is 14.5. The highest BCUT2D eigenvalue weighted by molar-refractivity contribution is 5.96. The number of likely N-dealkylation sites (tertiary alicyclic amines) is 1. The van der Waals surface area contributed by atoms with Gasteiger partial charge in [-0.1, -0.05) is 6.07 Å². The van der Waals surface area contributed by atoms with E-state index in [-0.39, 0.29) is 17.9 Å². The van der Waals surface area contributed by atoms with Crippen molar-refractivity contribution in [2.75, 3.05) is 13.1 Å². The van der Waals surface area contributed by atoms with Crippen LogP contribution in [0.15, 0.2) is 18.2 Å². The van der Waals surface area contributed by atoms with Crippen LogP contribution in [0.4, 0.5) is 0 Å². The third kappa shape index (κ3) is 3.56. The maximum Gasteiger partial charge on any atom is 0.272 e. The molecule has 1 fully saturated rings. The number of carbonyl (C=O) groups is 2. The largest absolute Gasteiger partial charge is 0.349 e. The number of hydrogen-bond acceptors (Lipinski definition) is 3. The first-order valence-electron chi connectivity index (χ1n) is 7.15. The van der Waals surface area contributed by atoms with Crippen molar-refractivity contribution < 1.29 is 9.59 Å². The molecule has 1 N–H and O–H groups in total. The lowest BCUT2D eigenvalue weighted by atomic mass is 10.1. The van der Waals surface area contributed by atoms with Crippen molar-refractivity contribution in [3.8, 4) is 0 Å². The average molecular weight is 275 g/mol. The zero-order valence-electron chi connectivity index (χ0n) is 12.1. The van der Waals surface area contributed by atoms with Gasteiger partial charge in [-0.25, -0.2) is 4.98 Å². The van der Waals surface area contributed by atoms with Gasteiger partial charge in [-0.3, -0.25) is 9.59 Å². The summed E-state index contributed by atoms with van der Waals surface area (Å²) in [4.78, 5) is 30.2. The quantitative estimate of drug-likeness (QED) is 0.915. The van der Waals surface area contributed by atoms with E-state index in [1.165, 1.54) is 6.42 Å². The Balaban J connectivity index is 2.12. The van der Waals surface area contributed by atoms with Crippen LogP contribution >= 0.6 is 0 Å². The lowest BCUT2D eigenvalue weighted by Gasteiger charge is -2.26. The normalized spacial score (nSPS) is 15.2. The predicted octanol–water partition coefficient (Wildman–Crippen LogP) is 1.85. The molecular weight excluding hydrogens is 254 g/mol. The van der Waals surface area contributed by atoms with Gasteiger partial charge in [-0.15, -0.1) is 0 Å². The Labute approximate surface area is 119 Å². The molecule has 1 saturated heterocycles. The number of piperidine rings is 1.